The number of nitrogens with one attached hydrogen (secondary N) is 2. The SMILES string of the molecule is Nc1ccc2cc[nH]c2c1.O=C=Nc1ccc2cc[nH]c2c1. The molecule has 108 valence electrons. The molecule has 4 aromatic rings. The van der Waals surface area contributed by atoms with E-state index in [2.05, 4.69) is 15.0 Å². The van der Waals surface area contributed by atoms with Crippen LogP contribution in [-0.4, -0.2) is 16.0 Å². The van der Waals surface area contributed by atoms with Crippen molar-refractivity contribution in [1.29, 1.82) is 0 Å². The minimum Gasteiger partial charge on any atom is -0.399 e. The van der Waals surface area contributed by atoms with Gasteiger partial charge in [0.2, 0.25) is 6.08 Å². The minimum absolute atomic E-state index is 0.625. The fourth-order valence-corrected chi connectivity index (χ4v) is 2.22. The number of carbonyl (C=O) groups excluding carboxylic acids is 1. The second-order valence-electron chi connectivity index (χ2n) is 4.78. The zero-order chi connectivity index (χ0) is 15.4. The molecule has 0 saturated heterocycles. The number of aromatic amines is 2. The molecule has 2 aromatic heterocycles. The number of aromatic nitrogens is 2. The topological polar surface area (TPSA) is 87.0 Å². The van der Waals surface area contributed by atoms with Crippen molar-refractivity contribution in [2.75, 3.05) is 5.73 Å². The van der Waals surface area contributed by atoms with E-state index in [0.29, 0.717) is 5.69 Å². The highest BCUT2D eigenvalue weighted by atomic mass is 16.1. The number of nitrogens with zero attached hydrogens (tertiary/aromatic N) is 1. The van der Waals surface area contributed by atoms with E-state index < -0.39 is 0 Å². The number of hydrogen-bond donors (Lipinski definition) is 3. The Balaban J connectivity index is 0.000000133. The van der Waals surface area contributed by atoms with Gasteiger partial charge in [0.25, 0.3) is 0 Å². The van der Waals surface area contributed by atoms with Gasteiger partial charge < -0.3 is 15.7 Å². The molecule has 0 saturated carbocycles. The second-order valence-corrected chi connectivity index (χ2v) is 4.78. The third kappa shape index (κ3) is 2.90. The summed E-state index contributed by atoms with van der Waals surface area (Å²) >= 11 is 0. The van der Waals surface area contributed by atoms with Gasteiger partial charge in [0, 0.05) is 29.1 Å². The molecule has 0 fully saturated rings. The van der Waals surface area contributed by atoms with E-state index in [9.17, 15) is 4.79 Å². The third-order valence-corrected chi connectivity index (χ3v) is 3.29. The van der Waals surface area contributed by atoms with E-state index in [1.807, 2.05) is 48.8 Å². The highest BCUT2D eigenvalue weighted by Crippen LogP contribution is 2.19. The van der Waals surface area contributed by atoms with Gasteiger partial charge in [-0.05, 0) is 47.2 Å². The standard InChI is InChI=1S/C9H6N2O.C8H8N2/c12-6-11-8-2-1-7-3-4-10-9(7)5-8;9-7-2-1-6-3-4-10-8(6)5-7/h1-5,10H;1-5,10H,9H2. The quantitative estimate of drug-likeness (QED) is 0.282. The number of hydrogen-bond acceptors (Lipinski definition) is 3. The predicted molar refractivity (Wildman–Crippen MR) is 88.8 cm³/mol. The largest absolute Gasteiger partial charge is 0.399 e. The lowest BCUT2D eigenvalue weighted by Crippen LogP contribution is -1.81. The van der Waals surface area contributed by atoms with Gasteiger partial charge in [-0.3, -0.25) is 0 Å². The Morgan fingerprint density at radius 3 is 2.18 bits per heavy atom. The molecule has 5 nitrogen and oxygen atoms in total. The van der Waals surface area contributed by atoms with Crippen molar-refractivity contribution in [2.45, 2.75) is 0 Å². The van der Waals surface area contributed by atoms with Crippen molar-refractivity contribution in [1.82, 2.24) is 9.97 Å². The molecular formula is C17H14N4O. The fraction of sp³-hybridized carbons (Fsp3) is 0. The average molecular weight is 290 g/mol. The highest BCUT2D eigenvalue weighted by Gasteiger charge is 1.94. The van der Waals surface area contributed by atoms with E-state index >= 15 is 0 Å². The van der Waals surface area contributed by atoms with Crippen LogP contribution >= 0.6 is 0 Å². The van der Waals surface area contributed by atoms with Crippen LogP contribution < -0.4 is 5.73 Å². The van der Waals surface area contributed by atoms with Gasteiger partial charge in [-0.2, -0.15) is 4.99 Å². The van der Waals surface area contributed by atoms with Crippen molar-refractivity contribution in [3.63, 3.8) is 0 Å². The molecule has 0 aliphatic rings. The van der Waals surface area contributed by atoms with Gasteiger partial charge in [-0.25, -0.2) is 4.79 Å². The van der Waals surface area contributed by atoms with Crippen molar-refractivity contribution in [3.05, 3.63) is 60.9 Å². The summed E-state index contributed by atoms with van der Waals surface area (Å²) in [6.45, 7) is 0. The first kappa shape index (κ1) is 13.7. The van der Waals surface area contributed by atoms with E-state index in [0.717, 1.165) is 22.1 Å². The van der Waals surface area contributed by atoms with Gasteiger partial charge in [-0.15, -0.1) is 0 Å². The zero-order valence-corrected chi connectivity index (χ0v) is 11.7. The lowest BCUT2D eigenvalue weighted by Gasteiger charge is -1.90. The molecule has 5 heteroatoms. The molecular weight excluding hydrogens is 276 g/mol. The number of aliphatic imine (C=N–C) groups is 1. The summed E-state index contributed by atoms with van der Waals surface area (Å²) in [4.78, 5) is 19.6. The third-order valence-electron chi connectivity index (χ3n) is 3.29. The summed E-state index contributed by atoms with van der Waals surface area (Å²) in [7, 11) is 0. The Kier molecular flexibility index (Phi) is 3.72. The lowest BCUT2D eigenvalue weighted by atomic mass is 10.2. The minimum atomic E-state index is 0.625. The molecule has 0 bridgehead atoms. The maximum absolute atomic E-state index is 9.95. The molecule has 22 heavy (non-hydrogen) atoms. The summed E-state index contributed by atoms with van der Waals surface area (Å²) < 4.78 is 0. The number of benzene rings is 2. The number of nitrogens with two attached hydrogens (primary N) is 1. The van der Waals surface area contributed by atoms with Gasteiger partial charge in [0.1, 0.15) is 0 Å². The second kappa shape index (κ2) is 5.99. The molecule has 0 atom stereocenters. The maximum atomic E-state index is 9.95. The molecule has 4 rings (SSSR count). The van der Waals surface area contributed by atoms with Crippen LogP contribution in [0.25, 0.3) is 21.8 Å². The zero-order valence-electron chi connectivity index (χ0n) is 11.7. The van der Waals surface area contributed by atoms with E-state index in [-0.39, 0.29) is 0 Å². The monoisotopic (exact) mass is 290 g/mol. The smallest absolute Gasteiger partial charge is 0.240 e. The van der Waals surface area contributed by atoms with Crippen LogP contribution in [0.1, 0.15) is 0 Å². The van der Waals surface area contributed by atoms with Gasteiger partial charge in [-0.1, -0.05) is 12.1 Å². The van der Waals surface area contributed by atoms with Gasteiger partial charge in [0.05, 0.1) is 5.69 Å². The van der Waals surface area contributed by atoms with Crippen LogP contribution in [0, 0.1) is 0 Å². The highest BCUT2D eigenvalue weighted by molar-refractivity contribution is 5.83. The molecule has 0 radical (unpaired) electrons. The summed E-state index contributed by atoms with van der Waals surface area (Å²) in [5.41, 5.74) is 9.06. The first-order valence-corrected chi connectivity index (χ1v) is 6.74. The van der Waals surface area contributed by atoms with Crippen LogP contribution in [0.2, 0.25) is 0 Å². The molecule has 4 N–H and O–H groups in total. The normalized spacial score (nSPS) is 10.0. The Bertz CT molecular complexity index is 961. The molecule has 2 aromatic carbocycles. The molecule has 0 aliphatic carbocycles. The van der Waals surface area contributed by atoms with Crippen molar-refractivity contribution in [3.8, 4) is 0 Å². The Labute approximate surface area is 126 Å². The van der Waals surface area contributed by atoms with Crippen LogP contribution in [0.5, 0.6) is 0 Å². The molecule has 0 aliphatic heterocycles. The number of anilines is 1. The molecule has 2 heterocycles. The van der Waals surface area contributed by atoms with Crippen molar-refractivity contribution >= 4 is 39.3 Å². The Morgan fingerprint density at radius 2 is 1.50 bits per heavy atom. The Morgan fingerprint density at radius 1 is 0.864 bits per heavy atom. The number of isocyanates is 1. The first-order chi connectivity index (χ1) is 10.8. The van der Waals surface area contributed by atoms with Gasteiger partial charge in [0.15, 0.2) is 0 Å². The fourth-order valence-electron chi connectivity index (χ4n) is 2.22. The average Bonchev–Trinajstić information content (AvgIpc) is 3.15. The maximum Gasteiger partial charge on any atom is 0.240 e. The lowest BCUT2D eigenvalue weighted by molar-refractivity contribution is 0.565. The summed E-state index contributed by atoms with van der Waals surface area (Å²) in [5, 5.41) is 2.31. The summed E-state index contributed by atoms with van der Waals surface area (Å²) in [5.74, 6) is 0. The van der Waals surface area contributed by atoms with Crippen molar-refractivity contribution in [2.24, 2.45) is 4.99 Å². The van der Waals surface area contributed by atoms with E-state index in [4.69, 9.17) is 5.73 Å². The first-order valence-electron chi connectivity index (χ1n) is 6.74. The molecule has 0 unspecified atom stereocenters. The number of rotatable bonds is 1. The van der Waals surface area contributed by atoms with Crippen LogP contribution in [0.15, 0.2) is 65.9 Å². The van der Waals surface area contributed by atoms with Gasteiger partial charge >= 0.3 is 0 Å². The predicted octanol–water partition coefficient (Wildman–Crippen LogP) is 3.89. The summed E-state index contributed by atoms with van der Waals surface area (Å²) in [6, 6.07) is 15.3. The summed E-state index contributed by atoms with van der Waals surface area (Å²) in [6.07, 6.45) is 5.26. The molecule has 0 spiro atoms. The number of H-pyrrole nitrogens is 2. The number of nitrogen functional groups attached to an aromatic ring is 1. The molecule has 0 amide bonds. The van der Waals surface area contributed by atoms with Crippen molar-refractivity contribution < 1.29 is 4.79 Å². The van der Waals surface area contributed by atoms with Crippen LogP contribution in [0.3, 0.4) is 0 Å². The number of fused-ring (bicyclic) bond motifs is 2. The van der Waals surface area contributed by atoms with Crippen LogP contribution in [0.4, 0.5) is 11.4 Å². The van der Waals surface area contributed by atoms with Crippen LogP contribution in [-0.2, 0) is 4.79 Å². The van der Waals surface area contributed by atoms with E-state index in [1.54, 1.807) is 12.1 Å². The Hall–Kier alpha value is -3.30. The van der Waals surface area contributed by atoms with E-state index in [1.165, 1.54) is 11.5 Å².